The average molecular weight is 496 g/mol. The van der Waals surface area contributed by atoms with Gasteiger partial charge in [-0.25, -0.2) is 4.98 Å². The maximum absolute atomic E-state index is 12.9. The molecule has 0 aliphatic rings. The van der Waals surface area contributed by atoms with Gasteiger partial charge in [-0.3, -0.25) is 4.79 Å². The highest BCUT2D eigenvalue weighted by molar-refractivity contribution is 9.10. The van der Waals surface area contributed by atoms with E-state index in [4.69, 9.17) is 4.74 Å². The van der Waals surface area contributed by atoms with Crippen molar-refractivity contribution in [3.8, 4) is 23.1 Å². The predicted molar refractivity (Wildman–Crippen MR) is 110 cm³/mol. The minimum absolute atomic E-state index is 0.131. The maximum atomic E-state index is 12.9. The number of H-pyrrole nitrogens is 1. The second-order valence-corrected chi connectivity index (χ2v) is 7.75. The molecule has 1 N–H and O–H groups in total. The first-order valence-electron chi connectivity index (χ1n) is 8.40. The zero-order valence-corrected chi connectivity index (χ0v) is 17.8. The van der Waals surface area contributed by atoms with E-state index in [9.17, 15) is 23.2 Å². The van der Waals surface area contributed by atoms with E-state index in [1.807, 2.05) is 6.07 Å². The molecule has 0 radical (unpaired) electrons. The number of alkyl halides is 3. The van der Waals surface area contributed by atoms with Gasteiger partial charge in [-0.1, -0.05) is 39.8 Å². The highest BCUT2D eigenvalue weighted by Gasteiger charge is 2.30. The predicted octanol–water partition coefficient (Wildman–Crippen LogP) is 5.39. The fourth-order valence-electron chi connectivity index (χ4n) is 2.66. The Morgan fingerprint density at radius 1 is 1.27 bits per heavy atom. The Bertz CT molecular complexity index is 1190. The van der Waals surface area contributed by atoms with Gasteiger partial charge in [0.15, 0.2) is 5.16 Å². The Kier molecular flexibility index (Phi) is 6.53. The fraction of sp³-hybridized carbons (Fsp3) is 0.150. The molecule has 3 aromatic rings. The highest BCUT2D eigenvalue weighted by Crippen LogP contribution is 2.34. The van der Waals surface area contributed by atoms with Crippen LogP contribution < -0.4 is 10.3 Å². The van der Waals surface area contributed by atoms with Gasteiger partial charge in [0.2, 0.25) is 0 Å². The topological polar surface area (TPSA) is 78.8 Å². The van der Waals surface area contributed by atoms with Gasteiger partial charge in [-0.05, 0) is 42.2 Å². The number of nitrogens with one attached hydrogen (secondary N) is 1. The van der Waals surface area contributed by atoms with Crippen LogP contribution in [-0.2, 0) is 12.8 Å². The van der Waals surface area contributed by atoms with E-state index >= 15 is 0 Å². The number of hydrogen-bond donors (Lipinski definition) is 1. The summed E-state index contributed by atoms with van der Waals surface area (Å²) in [6, 6.07) is 11.6. The molecule has 0 atom stereocenters. The second-order valence-electron chi connectivity index (χ2n) is 6.04. The minimum Gasteiger partial charge on any atom is -0.488 e. The molecule has 3 rings (SSSR count). The van der Waals surface area contributed by atoms with Gasteiger partial charge >= 0.3 is 6.18 Å². The van der Waals surface area contributed by atoms with E-state index in [-0.39, 0.29) is 23.6 Å². The summed E-state index contributed by atoms with van der Waals surface area (Å²) >= 11 is 4.54. The summed E-state index contributed by atoms with van der Waals surface area (Å²) in [5.74, 6) is 0.275. The molecule has 0 saturated carbocycles. The molecule has 0 fully saturated rings. The third-order valence-electron chi connectivity index (χ3n) is 4.05. The molecule has 2 aromatic carbocycles. The quantitative estimate of drug-likeness (QED) is 0.379. The van der Waals surface area contributed by atoms with Crippen molar-refractivity contribution in [1.29, 1.82) is 5.26 Å². The Morgan fingerprint density at radius 3 is 2.70 bits per heavy atom. The molecule has 1 aromatic heterocycles. The number of aromatic amines is 1. The summed E-state index contributed by atoms with van der Waals surface area (Å²) in [6.45, 7) is -0.140. The molecule has 10 heteroatoms. The van der Waals surface area contributed by atoms with Gasteiger partial charge in [0.1, 0.15) is 29.7 Å². The SMILES string of the molecule is CSc1nc(-c2cc(Br)ccc2OCc2cccc(C(F)(F)F)c2)c(C#N)c(=O)[nH]1. The second kappa shape index (κ2) is 8.93. The van der Waals surface area contributed by atoms with Crippen molar-refractivity contribution in [3.63, 3.8) is 0 Å². The summed E-state index contributed by atoms with van der Waals surface area (Å²) in [7, 11) is 0. The maximum Gasteiger partial charge on any atom is 0.416 e. The van der Waals surface area contributed by atoms with Crippen LogP contribution in [0.15, 0.2) is 56.9 Å². The van der Waals surface area contributed by atoms with E-state index in [1.54, 1.807) is 24.5 Å². The summed E-state index contributed by atoms with van der Waals surface area (Å²) in [4.78, 5) is 19.1. The summed E-state index contributed by atoms with van der Waals surface area (Å²) < 4.78 is 45.2. The normalized spacial score (nSPS) is 11.2. The van der Waals surface area contributed by atoms with Gasteiger partial charge in [0.05, 0.1) is 5.56 Å². The Morgan fingerprint density at radius 2 is 2.03 bits per heavy atom. The molecule has 0 unspecified atom stereocenters. The van der Waals surface area contributed by atoms with Crippen molar-refractivity contribution in [2.75, 3.05) is 6.26 Å². The van der Waals surface area contributed by atoms with Crippen LogP contribution in [-0.4, -0.2) is 16.2 Å². The van der Waals surface area contributed by atoms with E-state index in [2.05, 4.69) is 25.9 Å². The van der Waals surface area contributed by atoms with Crippen molar-refractivity contribution >= 4 is 27.7 Å². The molecule has 1 heterocycles. The lowest BCUT2D eigenvalue weighted by Crippen LogP contribution is -2.15. The van der Waals surface area contributed by atoms with Crippen LogP contribution in [0.2, 0.25) is 0 Å². The molecule has 0 bridgehead atoms. The van der Waals surface area contributed by atoms with Crippen molar-refractivity contribution in [2.45, 2.75) is 17.9 Å². The van der Waals surface area contributed by atoms with Gasteiger partial charge in [-0.15, -0.1) is 0 Å². The van der Waals surface area contributed by atoms with Crippen LogP contribution in [0.25, 0.3) is 11.3 Å². The first kappa shape index (κ1) is 21.9. The van der Waals surface area contributed by atoms with E-state index in [0.29, 0.717) is 20.8 Å². The first-order valence-corrected chi connectivity index (χ1v) is 10.4. The lowest BCUT2D eigenvalue weighted by molar-refractivity contribution is -0.137. The van der Waals surface area contributed by atoms with Crippen LogP contribution in [0.5, 0.6) is 5.75 Å². The van der Waals surface area contributed by atoms with Crippen LogP contribution in [0.3, 0.4) is 0 Å². The Labute approximate surface area is 182 Å². The molecule has 5 nitrogen and oxygen atoms in total. The number of nitrogens with zero attached hydrogens (tertiary/aromatic N) is 2. The standard InChI is InChI=1S/C20H13BrF3N3O2S/c1-30-19-26-17(15(9-25)18(28)27-19)14-8-13(21)5-6-16(14)29-10-11-3-2-4-12(7-11)20(22,23)24/h2-8H,10H2,1H3,(H,26,27,28). The molecular formula is C20H13BrF3N3O2S. The lowest BCUT2D eigenvalue weighted by atomic mass is 10.1. The first-order chi connectivity index (χ1) is 14.2. The zero-order valence-electron chi connectivity index (χ0n) is 15.4. The van der Waals surface area contributed by atoms with Crippen molar-refractivity contribution in [2.24, 2.45) is 0 Å². The van der Waals surface area contributed by atoms with E-state index in [0.717, 1.165) is 12.1 Å². The molecular weight excluding hydrogens is 483 g/mol. The van der Waals surface area contributed by atoms with Gasteiger partial charge in [0, 0.05) is 10.0 Å². The summed E-state index contributed by atoms with van der Waals surface area (Å²) in [5, 5.41) is 9.74. The van der Waals surface area contributed by atoms with Crippen LogP contribution in [0.1, 0.15) is 16.7 Å². The largest absolute Gasteiger partial charge is 0.488 e. The molecule has 0 saturated heterocycles. The van der Waals surface area contributed by atoms with E-state index in [1.165, 1.54) is 23.9 Å². The Balaban J connectivity index is 2.02. The van der Waals surface area contributed by atoms with Crippen molar-refractivity contribution in [3.05, 3.63) is 74.0 Å². The number of rotatable bonds is 5. The number of halogens is 4. The summed E-state index contributed by atoms with van der Waals surface area (Å²) in [6.07, 6.45) is -2.73. The van der Waals surface area contributed by atoms with Gasteiger partial charge in [-0.2, -0.15) is 18.4 Å². The number of benzene rings is 2. The summed E-state index contributed by atoms with van der Waals surface area (Å²) in [5.41, 5.74) is -0.721. The Hall–Kier alpha value is -2.77. The minimum atomic E-state index is -4.45. The number of ether oxygens (including phenoxy) is 1. The molecule has 0 aliphatic carbocycles. The monoisotopic (exact) mass is 495 g/mol. The van der Waals surface area contributed by atoms with Crippen LogP contribution in [0.4, 0.5) is 13.2 Å². The molecule has 0 spiro atoms. The third-order valence-corrected chi connectivity index (χ3v) is 5.12. The highest BCUT2D eigenvalue weighted by atomic mass is 79.9. The zero-order chi connectivity index (χ0) is 21.9. The van der Waals surface area contributed by atoms with Crippen LogP contribution in [0, 0.1) is 11.3 Å². The molecule has 154 valence electrons. The fourth-order valence-corrected chi connectivity index (χ4v) is 3.40. The third kappa shape index (κ3) is 4.86. The number of thioether (sulfide) groups is 1. The number of aromatic nitrogens is 2. The van der Waals surface area contributed by atoms with E-state index < -0.39 is 17.3 Å². The molecule has 0 amide bonds. The van der Waals surface area contributed by atoms with Crippen molar-refractivity contribution < 1.29 is 17.9 Å². The smallest absolute Gasteiger partial charge is 0.416 e. The van der Waals surface area contributed by atoms with Crippen molar-refractivity contribution in [1.82, 2.24) is 9.97 Å². The molecule has 0 aliphatic heterocycles. The number of nitriles is 1. The number of hydrogen-bond acceptors (Lipinski definition) is 5. The van der Waals surface area contributed by atoms with Gasteiger partial charge in [0.25, 0.3) is 5.56 Å². The average Bonchev–Trinajstić information content (AvgIpc) is 2.71. The molecule has 30 heavy (non-hydrogen) atoms. The van der Waals surface area contributed by atoms with Crippen LogP contribution >= 0.6 is 27.7 Å². The van der Waals surface area contributed by atoms with Gasteiger partial charge < -0.3 is 9.72 Å². The lowest BCUT2D eigenvalue weighted by Gasteiger charge is -2.14.